The molecule has 3 aromatic rings. The Morgan fingerprint density at radius 1 is 1.13 bits per heavy atom. The summed E-state index contributed by atoms with van der Waals surface area (Å²) in [6, 6.07) is 13.5. The molecule has 1 amide bonds. The number of ether oxygens (including phenoxy) is 1. The van der Waals surface area contributed by atoms with Crippen LogP contribution in [0.2, 0.25) is 0 Å². The van der Waals surface area contributed by atoms with Crippen molar-refractivity contribution in [3.05, 3.63) is 77.1 Å². The molecule has 1 aliphatic heterocycles. The van der Waals surface area contributed by atoms with Crippen LogP contribution < -0.4 is 0 Å². The summed E-state index contributed by atoms with van der Waals surface area (Å²) in [7, 11) is 1.36. The number of carbonyl (C=O) groups excluding carboxylic acids is 2. The molecule has 1 unspecified atom stereocenters. The maximum Gasteiger partial charge on any atom is 0.328 e. The van der Waals surface area contributed by atoms with Crippen LogP contribution in [0.3, 0.4) is 0 Å². The van der Waals surface area contributed by atoms with E-state index in [9.17, 15) is 9.59 Å². The van der Waals surface area contributed by atoms with Crippen molar-refractivity contribution in [1.29, 1.82) is 0 Å². The number of amides is 1. The van der Waals surface area contributed by atoms with Gasteiger partial charge in [-0.1, -0.05) is 42.1 Å². The number of hydrogen-bond acceptors (Lipinski definition) is 5. The maximum atomic E-state index is 13.1. The molecule has 0 fully saturated rings. The number of fused-ring (bicyclic) bond motifs is 1. The van der Waals surface area contributed by atoms with Gasteiger partial charge in [0.05, 0.1) is 12.9 Å². The summed E-state index contributed by atoms with van der Waals surface area (Å²) < 4.78 is 6.96. The number of imidazole rings is 1. The van der Waals surface area contributed by atoms with E-state index in [0.29, 0.717) is 13.0 Å². The molecule has 4 rings (SSSR count). The second-order valence-electron chi connectivity index (χ2n) is 7.67. The highest BCUT2D eigenvalue weighted by atomic mass is 32.2. The molecule has 0 saturated carbocycles. The van der Waals surface area contributed by atoms with E-state index in [1.54, 1.807) is 11.1 Å². The Kier molecular flexibility index (Phi) is 6.13. The van der Waals surface area contributed by atoms with Crippen molar-refractivity contribution in [3.63, 3.8) is 0 Å². The van der Waals surface area contributed by atoms with Gasteiger partial charge in [-0.3, -0.25) is 9.36 Å². The third-order valence-electron chi connectivity index (χ3n) is 5.74. The molecule has 0 aliphatic carbocycles. The van der Waals surface area contributed by atoms with Gasteiger partial charge in [0.2, 0.25) is 5.91 Å². The molecule has 7 heteroatoms. The monoisotopic (exact) mass is 435 g/mol. The summed E-state index contributed by atoms with van der Waals surface area (Å²) in [6.45, 7) is 4.56. The minimum absolute atomic E-state index is 0.107. The number of aryl methyl sites for hydroxylation is 2. The van der Waals surface area contributed by atoms with Gasteiger partial charge < -0.3 is 9.64 Å². The molecule has 0 radical (unpaired) electrons. The van der Waals surface area contributed by atoms with Gasteiger partial charge in [0.25, 0.3) is 0 Å². The van der Waals surface area contributed by atoms with Gasteiger partial charge in [-0.25, -0.2) is 9.78 Å². The predicted molar refractivity (Wildman–Crippen MR) is 120 cm³/mol. The van der Waals surface area contributed by atoms with Crippen LogP contribution in [0, 0.1) is 13.8 Å². The van der Waals surface area contributed by atoms with E-state index in [1.165, 1.54) is 30.0 Å². The van der Waals surface area contributed by atoms with E-state index in [2.05, 4.69) is 31.0 Å². The van der Waals surface area contributed by atoms with Crippen LogP contribution in [0.15, 0.2) is 60.0 Å². The fourth-order valence-electron chi connectivity index (χ4n) is 3.81. The summed E-state index contributed by atoms with van der Waals surface area (Å²) in [4.78, 5) is 31.6. The van der Waals surface area contributed by atoms with Crippen LogP contribution >= 0.6 is 11.8 Å². The molecule has 2 heterocycles. The number of methoxy groups -OCH3 is 1. The molecule has 1 aliphatic rings. The van der Waals surface area contributed by atoms with Gasteiger partial charge in [0, 0.05) is 31.0 Å². The second-order valence-corrected chi connectivity index (χ2v) is 8.61. The number of esters is 1. The molecular weight excluding hydrogens is 410 g/mol. The van der Waals surface area contributed by atoms with E-state index >= 15 is 0 Å². The van der Waals surface area contributed by atoms with Crippen LogP contribution in [-0.2, 0) is 27.3 Å². The molecule has 2 aromatic carbocycles. The first-order valence-corrected chi connectivity index (χ1v) is 11.1. The first-order valence-electron chi connectivity index (χ1n) is 10.2. The number of thioether (sulfide) groups is 1. The molecule has 6 nitrogen and oxygen atoms in total. The molecule has 1 atom stereocenters. The van der Waals surface area contributed by atoms with Crippen LogP contribution in [0.5, 0.6) is 0 Å². The summed E-state index contributed by atoms with van der Waals surface area (Å²) in [5, 5.41) is 0.739. The van der Waals surface area contributed by atoms with Crippen LogP contribution in [-0.4, -0.2) is 45.2 Å². The van der Waals surface area contributed by atoms with Crippen molar-refractivity contribution in [3.8, 4) is 5.69 Å². The first kappa shape index (κ1) is 21.2. The van der Waals surface area contributed by atoms with Crippen molar-refractivity contribution in [2.45, 2.75) is 38.0 Å². The minimum atomic E-state index is -0.604. The fourth-order valence-corrected chi connectivity index (χ4v) is 4.67. The first-order chi connectivity index (χ1) is 15.0. The highest BCUT2D eigenvalue weighted by Crippen LogP contribution is 2.27. The van der Waals surface area contributed by atoms with Crippen molar-refractivity contribution < 1.29 is 14.3 Å². The minimum Gasteiger partial charge on any atom is -0.467 e. The lowest BCUT2D eigenvalue weighted by atomic mass is 9.94. The van der Waals surface area contributed by atoms with E-state index < -0.39 is 6.04 Å². The lowest BCUT2D eigenvalue weighted by Gasteiger charge is -2.35. The molecule has 0 saturated heterocycles. The van der Waals surface area contributed by atoms with E-state index in [0.717, 1.165) is 22.0 Å². The largest absolute Gasteiger partial charge is 0.467 e. The van der Waals surface area contributed by atoms with Gasteiger partial charge in [0.1, 0.15) is 6.04 Å². The standard InChI is InChI=1S/C24H25N3O3S/c1-16-8-9-20(12-17(16)2)26-11-10-25-24(26)31-15-22(28)27-14-19-7-5-4-6-18(19)13-21(27)23(29)30-3/h4-12,21H,13-15H2,1-3H3. The zero-order chi connectivity index (χ0) is 22.0. The lowest BCUT2D eigenvalue weighted by Crippen LogP contribution is -2.49. The number of aromatic nitrogens is 2. The Balaban J connectivity index is 1.51. The highest BCUT2D eigenvalue weighted by molar-refractivity contribution is 7.99. The average Bonchev–Trinajstić information content (AvgIpc) is 3.26. The Morgan fingerprint density at radius 3 is 2.65 bits per heavy atom. The van der Waals surface area contributed by atoms with Crippen molar-refractivity contribution in [2.75, 3.05) is 12.9 Å². The third-order valence-corrected chi connectivity index (χ3v) is 6.69. The van der Waals surface area contributed by atoms with Crippen molar-refractivity contribution in [1.82, 2.24) is 14.5 Å². The molecule has 0 bridgehead atoms. The third kappa shape index (κ3) is 4.37. The maximum absolute atomic E-state index is 13.1. The Bertz CT molecular complexity index is 1120. The number of carbonyl (C=O) groups is 2. The van der Waals surface area contributed by atoms with E-state index in [4.69, 9.17) is 4.74 Å². The Labute approximate surface area is 186 Å². The average molecular weight is 436 g/mol. The van der Waals surface area contributed by atoms with E-state index in [1.807, 2.05) is 41.1 Å². The van der Waals surface area contributed by atoms with Gasteiger partial charge in [-0.15, -0.1) is 0 Å². The predicted octanol–water partition coefficient (Wildman–Crippen LogP) is 3.71. The molecule has 0 N–H and O–H groups in total. The smallest absolute Gasteiger partial charge is 0.328 e. The Hall–Kier alpha value is -3.06. The van der Waals surface area contributed by atoms with Gasteiger partial charge in [0.15, 0.2) is 5.16 Å². The SMILES string of the molecule is COC(=O)C1Cc2ccccc2CN1C(=O)CSc1nccn1-c1ccc(C)c(C)c1. The van der Waals surface area contributed by atoms with Gasteiger partial charge in [-0.2, -0.15) is 0 Å². The topological polar surface area (TPSA) is 64.4 Å². The van der Waals surface area contributed by atoms with Crippen LogP contribution in [0.1, 0.15) is 22.3 Å². The summed E-state index contributed by atoms with van der Waals surface area (Å²) >= 11 is 1.37. The molecular formula is C24H25N3O3S. The Morgan fingerprint density at radius 2 is 1.90 bits per heavy atom. The zero-order valence-corrected chi connectivity index (χ0v) is 18.7. The number of nitrogens with zero attached hydrogens (tertiary/aromatic N) is 3. The number of hydrogen-bond donors (Lipinski definition) is 0. The quantitative estimate of drug-likeness (QED) is 0.452. The van der Waals surface area contributed by atoms with Crippen LogP contribution in [0.4, 0.5) is 0 Å². The summed E-state index contributed by atoms with van der Waals surface area (Å²) in [6.07, 6.45) is 4.10. The van der Waals surface area contributed by atoms with Gasteiger partial charge in [-0.05, 0) is 48.2 Å². The second kappa shape index (κ2) is 8.98. The van der Waals surface area contributed by atoms with Crippen molar-refractivity contribution >= 4 is 23.6 Å². The molecule has 31 heavy (non-hydrogen) atoms. The molecule has 160 valence electrons. The van der Waals surface area contributed by atoms with Crippen molar-refractivity contribution in [2.24, 2.45) is 0 Å². The van der Waals surface area contributed by atoms with E-state index in [-0.39, 0.29) is 17.6 Å². The fraction of sp³-hybridized carbons (Fsp3) is 0.292. The van der Waals surface area contributed by atoms with Crippen LogP contribution in [0.25, 0.3) is 5.69 Å². The van der Waals surface area contributed by atoms with Gasteiger partial charge >= 0.3 is 5.97 Å². The normalized spacial score (nSPS) is 15.5. The molecule has 1 aromatic heterocycles. The number of rotatable bonds is 5. The molecule has 0 spiro atoms. The lowest BCUT2D eigenvalue weighted by molar-refractivity contribution is -0.153. The zero-order valence-electron chi connectivity index (χ0n) is 17.9. The number of benzene rings is 2. The summed E-state index contributed by atoms with van der Waals surface area (Å²) in [5.41, 5.74) is 5.59. The highest BCUT2D eigenvalue weighted by Gasteiger charge is 2.35. The summed E-state index contributed by atoms with van der Waals surface area (Å²) in [5.74, 6) is -0.300.